The number of nitrogens with zero attached hydrogens (tertiary/aromatic N) is 3. The molecule has 0 saturated carbocycles. The normalized spacial score (nSPS) is 12.8. The Labute approximate surface area is 132 Å². The van der Waals surface area contributed by atoms with E-state index < -0.39 is 0 Å². The van der Waals surface area contributed by atoms with Crippen LogP contribution in [0, 0.1) is 6.92 Å². The molecule has 0 amide bonds. The summed E-state index contributed by atoms with van der Waals surface area (Å²) in [6.45, 7) is 7.21. The van der Waals surface area contributed by atoms with E-state index in [1.807, 2.05) is 20.2 Å². The molecule has 1 unspecified atom stereocenters. The summed E-state index contributed by atoms with van der Waals surface area (Å²) >= 11 is 5.47. The maximum absolute atomic E-state index is 4.66. The Morgan fingerprint density at radius 3 is 2.70 bits per heavy atom. The fourth-order valence-corrected chi connectivity index (χ4v) is 3.91. The van der Waals surface area contributed by atoms with Gasteiger partial charge < -0.3 is 5.32 Å². The van der Waals surface area contributed by atoms with Crippen molar-refractivity contribution in [2.45, 2.75) is 46.2 Å². The highest BCUT2D eigenvalue weighted by molar-refractivity contribution is 9.10. The minimum Gasteiger partial charge on any atom is -0.312 e. The Bertz CT molecular complexity index is 576. The minimum absolute atomic E-state index is 0.282. The molecule has 0 aliphatic rings. The van der Waals surface area contributed by atoms with E-state index in [-0.39, 0.29) is 6.04 Å². The predicted octanol–water partition coefficient (Wildman–Crippen LogP) is 3.50. The first-order chi connectivity index (χ1) is 9.60. The van der Waals surface area contributed by atoms with Crippen LogP contribution in [0.2, 0.25) is 0 Å². The molecule has 0 radical (unpaired) electrons. The van der Waals surface area contributed by atoms with E-state index in [9.17, 15) is 0 Å². The number of aromatic nitrogens is 3. The van der Waals surface area contributed by atoms with Gasteiger partial charge in [0, 0.05) is 30.1 Å². The lowest BCUT2D eigenvalue weighted by Gasteiger charge is -2.15. The van der Waals surface area contributed by atoms with Gasteiger partial charge in [0.2, 0.25) is 0 Å². The van der Waals surface area contributed by atoms with Gasteiger partial charge in [-0.15, -0.1) is 11.3 Å². The van der Waals surface area contributed by atoms with Gasteiger partial charge in [0.1, 0.15) is 0 Å². The van der Waals surface area contributed by atoms with Gasteiger partial charge in [-0.2, -0.15) is 5.10 Å². The first-order valence-electron chi connectivity index (χ1n) is 6.94. The Morgan fingerprint density at radius 1 is 1.45 bits per heavy atom. The zero-order valence-corrected chi connectivity index (χ0v) is 14.8. The summed E-state index contributed by atoms with van der Waals surface area (Å²) < 4.78 is 3.25. The van der Waals surface area contributed by atoms with E-state index in [1.54, 1.807) is 11.3 Å². The van der Waals surface area contributed by atoms with Crippen molar-refractivity contribution < 1.29 is 0 Å². The van der Waals surface area contributed by atoms with Crippen molar-refractivity contribution in [1.82, 2.24) is 20.1 Å². The number of thiazole rings is 1. The summed E-state index contributed by atoms with van der Waals surface area (Å²) in [6, 6.07) is 0.282. The van der Waals surface area contributed by atoms with Crippen molar-refractivity contribution in [2.75, 3.05) is 7.05 Å². The molecule has 110 valence electrons. The van der Waals surface area contributed by atoms with Crippen LogP contribution in [0.4, 0.5) is 0 Å². The second-order valence-corrected chi connectivity index (χ2v) is 6.76. The lowest BCUT2D eigenvalue weighted by molar-refractivity contribution is 0.544. The van der Waals surface area contributed by atoms with Crippen LogP contribution in [0.3, 0.4) is 0 Å². The smallest absolute Gasteiger partial charge is 0.0897 e. The molecule has 1 N–H and O–H groups in total. The van der Waals surface area contributed by atoms with Gasteiger partial charge in [0.25, 0.3) is 0 Å². The van der Waals surface area contributed by atoms with E-state index in [2.05, 4.69) is 49.9 Å². The molecule has 0 aliphatic carbocycles. The van der Waals surface area contributed by atoms with Gasteiger partial charge in [-0.3, -0.25) is 4.68 Å². The minimum atomic E-state index is 0.282. The van der Waals surface area contributed by atoms with Gasteiger partial charge >= 0.3 is 0 Å². The molecule has 6 heteroatoms. The predicted molar refractivity (Wildman–Crippen MR) is 87.3 cm³/mol. The maximum Gasteiger partial charge on any atom is 0.0897 e. The molecule has 1 atom stereocenters. The number of rotatable bonds is 6. The Hall–Kier alpha value is -0.720. The van der Waals surface area contributed by atoms with Crippen LogP contribution in [0.5, 0.6) is 0 Å². The highest BCUT2D eigenvalue weighted by Gasteiger charge is 2.20. The summed E-state index contributed by atoms with van der Waals surface area (Å²) in [5.74, 6) is 0. The lowest BCUT2D eigenvalue weighted by Crippen LogP contribution is -2.19. The quantitative estimate of drug-likeness (QED) is 0.861. The van der Waals surface area contributed by atoms with E-state index in [1.165, 1.54) is 10.6 Å². The van der Waals surface area contributed by atoms with Crippen LogP contribution in [0.25, 0.3) is 0 Å². The Balaban J connectivity index is 2.29. The van der Waals surface area contributed by atoms with Crippen molar-refractivity contribution >= 4 is 27.3 Å². The number of aryl methyl sites for hydroxylation is 3. The zero-order valence-electron chi connectivity index (χ0n) is 12.4. The van der Waals surface area contributed by atoms with Gasteiger partial charge in [0.15, 0.2) is 0 Å². The molecule has 4 nitrogen and oxygen atoms in total. The Morgan fingerprint density at radius 2 is 2.20 bits per heavy atom. The van der Waals surface area contributed by atoms with E-state index >= 15 is 0 Å². The molecular weight excluding hydrogens is 336 g/mol. The summed E-state index contributed by atoms with van der Waals surface area (Å²) in [5, 5.41) is 9.17. The molecule has 0 saturated heterocycles. The van der Waals surface area contributed by atoms with Crippen molar-refractivity contribution in [3.8, 4) is 0 Å². The maximum atomic E-state index is 4.66. The van der Waals surface area contributed by atoms with Crippen LogP contribution < -0.4 is 5.32 Å². The molecule has 2 heterocycles. The van der Waals surface area contributed by atoms with Gasteiger partial charge in [-0.05, 0) is 43.2 Å². The molecular formula is C14H21BrN4S. The van der Waals surface area contributed by atoms with Crippen molar-refractivity contribution in [3.63, 3.8) is 0 Å². The molecule has 0 spiro atoms. The third kappa shape index (κ3) is 3.13. The highest BCUT2D eigenvalue weighted by atomic mass is 79.9. The largest absolute Gasteiger partial charge is 0.312 e. The number of likely N-dealkylation sites (N-methyl/N-ethyl adjacent to an activating group) is 1. The molecule has 0 fully saturated rings. The zero-order chi connectivity index (χ0) is 14.7. The van der Waals surface area contributed by atoms with E-state index in [0.717, 1.165) is 34.6 Å². The van der Waals surface area contributed by atoms with Crippen molar-refractivity contribution in [3.05, 3.63) is 31.9 Å². The number of nitrogens with one attached hydrogen (secondary N) is 1. The Kier molecular flexibility index (Phi) is 5.35. The third-order valence-corrected chi connectivity index (χ3v) is 5.36. The van der Waals surface area contributed by atoms with E-state index in [0.29, 0.717) is 0 Å². The standard InChI is InChI=1S/C14H21BrN4S/c1-5-10-14(15)12(19(6-2)18-10)7-11(16-4)13-8-17-9(3)20-13/h8,11,16H,5-7H2,1-4H3. The monoisotopic (exact) mass is 356 g/mol. The first kappa shape index (κ1) is 15.7. The topological polar surface area (TPSA) is 42.7 Å². The van der Waals surface area contributed by atoms with Crippen LogP contribution in [-0.4, -0.2) is 21.8 Å². The summed E-state index contributed by atoms with van der Waals surface area (Å²) in [4.78, 5) is 5.63. The van der Waals surface area contributed by atoms with Crippen LogP contribution in [0.15, 0.2) is 10.7 Å². The lowest BCUT2D eigenvalue weighted by atomic mass is 10.1. The van der Waals surface area contributed by atoms with Gasteiger partial charge in [-0.1, -0.05) is 6.92 Å². The van der Waals surface area contributed by atoms with Crippen molar-refractivity contribution in [2.24, 2.45) is 0 Å². The summed E-state index contributed by atoms with van der Waals surface area (Å²) in [5.41, 5.74) is 2.40. The van der Waals surface area contributed by atoms with E-state index in [4.69, 9.17) is 0 Å². The number of halogens is 1. The van der Waals surface area contributed by atoms with Gasteiger partial charge in [0.05, 0.1) is 20.9 Å². The van der Waals surface area contributed by atoms with Crippen LogP contribution in [0.1, 0.15) is 41.2 Å². The summed E-state index contributed by atoms with van der Waals surface area (Å²) in [7, 11) is 2.00. The second-order valence-electron chi connectivity index (χ2n) is 4.70. The average Bonchev–Trinajstić information content (AvgIpc) is 3.00. The average molecular weight is 357 g/mol. The SMILES string of the molecule is CCc1nn(CC)c(CC(NC)c2cnc(C)s2)c1Br. The number of hydrogen-bond acceptors (Lipinski definition) is 4. The molecule has 0 bridgehead atoms. The molecule has 20 heavy (non-hydrogen) atoms. The number of hydrogen-bond donors (Lipinski definition) is 1. The molecule has 2 aromatic rings. The van der Waals surface area contributed by atoms with Gasteiger partial charge in [-0.25, -0.2) is 4.98 Å². The van der Waals surface area contributed by atoms with Crippen molar-refractivity contribution in [1.29, 1.82) is 0 Å². The summed E-state index contributed by atoms with van der Waals surface area (Å²) in [6.07, 6.45) is 3.84. The highest BCUT2D eigenvalue weighted by Crippen LogP contribution is 2.29. The second kappa shape index (κ2) is 6.83. The first-order valence-corrected chi connectivity index (χ1v) is 8.55. The fraction of sp³-hybridized carbons (Fsp3) is 0.571. The van der Waals surface area contributed by atoms with Crippen LogP contribution >= 0.6 is 27.3 Å². The fourth-order valence-electron chi connectivity index (χ4n) is 2.29. The molecule has 2 rings (SSSR count). The molecule has 0 aromatic carbocycles. The third-order valence-electron chi connectivity index (χ3n) is 3.42. The van der Waals surface area contributed by atoms with Crippen LogP contribution in [-0.2, 0) is 19.4 Å². The molecule has 2 aromatic heterocycles. The molecule has 0 aliphatic heterocycles.